The zero-order valence-corrected chi connectivity index (χ0v) is 25.2. The maximum absolute atomic E-state index is 13.9. The Hall–Kier alpha value is -3.37. The SMILES string of the molecule is O=C(O)c1ccc(Oc2ccc(CN3CCC(N4C(=O)N(C5CCOCC5)CC4c4cccc(Cl)c4)CC3)c(Cl)n2)cc1. The summed E-state index contributed by atoms with van der Waals surface area (Å²) in [4.78, 5) is 35.9. The highest BCUT2D eigenvalue weighted by Gasteiger charge is 2.45. The number of carbonyl (C=O) groups excluding carboxylic acids is 1. The Balaban J connectivity index is 1.09. The molecule has 1 aromatic heterocycles. The Labute approximate surface area is 260 Å². The molecule has 0 radical (unpaired) electrons. The van der Waals surface area contributed by atoms with Crippen LogP contribution in [0.4, 0.5) is 4.79 Å². The second kappa shape index (κ2) is 13.1. The van der Waals surface area contributed by atoms with Crippen molar-refractivity contribution in [3.63, 3.8) is 0 Å². The summed E-state index contributed by atoms with van der Waals surface area (Å²) in [5.74, 6) is -0.179. The monoisotopic (exact) mass is 624 g/mol. The highest BCUT2D eigenvalue weighted by Crippen LogP contribution is 2.38. The van der Waals surface area contributed by atoms with Gasteiger partial charge in [-0.2, -0.15) is 0 Å². The molecule has 1 atom stereocenters. The van der Waals surface area contributed by atoms with E-state index in [1.165, 1.54) is 12.1 Å². The van der Waals surface area contributed by atoms with Crippen molar-refractivity contribution in [2.75, 3.05) is 32.8 Å². The number of halogens is 2. The number of aromatic nitrogens is 1. The number of rotatable bonds is 8. The van der Waals surface area contributed by atoms with Crippen molar-refractivity contribution < 1.29 is 24.2 Å². The van der Waals surface area contributed by atoms with Gasteiger partial charge in [-0.05, 0) is 73.7 Å². The summed E-state index contributed by atoms with van der Waals surface area (Å²) in [6.07, 6.45) is 3.47. The summed E-state index contributed by atoms with van der Waals surface area (Å²) in [7, 11) is 0. The van der Waals surface area contributed by atoms with Crippen molar-refractivity contribution in [1.29, 1.82) is 0 Å². The van der Waals surface area contributed by atoms with Crippen LogP contribution in [-0.2, 0) is 11.3 Å². The average Bonchev–Trinajstić information content (AvgIpc) is 3.36. The fourth-order valence-corrected chi connectivity index (χ4v) is 6.74. The number of carbonyl (C=O) groups is 2. The molecule has 1 N–H and O–H groups in total. The van der Waals surface area contributed by atoms with Gasteiger partial charge in [0.2, 0.25) is 5.88 Å². The molecule has 2 amide bonds. The summed E-state index contributed by atoms with van der Waals surface area (Å²) in [5, 5.41) is 10.1. The molecule has 1 unspecified atom stereocenters. The van der Waals surface area contributed by atoms with Crippen molar-refractivity contribution in [1.82, 2.24) is 19.7 Å². The van der Waals surface area contributed by atoms with E-state index in [-0.39, 0.29) is 29.7 Å². The van der Waals surface area contributed by atoms with Gasteiger partial charge in [0.25, 0.3) is 0 Å². The highest BCUT2D eigenvalue weighted by molar-refractivity contribution is 6.30. The molecule has 3 aliphatic heterocycles. The number of hydrogen-bond acceptors (Lipinski definition) is 6. The summed E-state index contributed by atoms with van der Waals surface area (Å²) < 4.78 is 11.3. The van der Waals surface area contributed by atoms with E-state index in [4.69, 9.17) is 37.8 Å². The number of likely N-dealkylation sites (tertiary alicyclic amines) is 1. The van der Waals surface area contributed by atoms with E-state index in [0.29, 0.717) is 48.1 Å². The molecule has 226 valence electrons. The number of nitrogens with zero attached hydrogens (tertiary/aromatic N) is 4. The van der Waals surface area contributed by atoms with Gasteiger partial charge >= 0.3 is 12.0 Å². The van der Waals surface area contributed by atoms with Gasteiger partial charge in [-0.25, -0.2) is 14.6 Å². The van der Waals surface area contributed by atoms with Gasteiger partial charge in [-0.15, -0.1) is 0 Å². The number of urea groups is 1. The van der Waals surface area contributed by atoms with Crippen LogP contribution >= 0.6 is 23.2 Å². The molecular formula is C32H34Cl2N4O5. The number of amides is 2. The molecule has 0 spiro atoms. The minimum atomic E-state index is -0.994. The van der Waals surface area contributed by atoms with Gasteiger partial charge in [-0.1, -0.05) is 35.3 Å². The third kappa shape index (κ3) is 6.75. The molecule has 0 saturated carbocycles. The summed E-state index contributed by atoms with van der Waals surface area (Å²) >= 11 is 12.9. The Morgan fingerprint density at radius 1 is 0.977 bits per heavy atom. The summed E-state index contributed by atoms with van der Waals surface area (Å²) in [5.41, 5.74) is 2.16. The van der Waals surface area contributed by atoms with Crippen molar-refractivity contribution in [3.8, 4) is 11.6 Å². The Bertz CT molecular complexity index is 1460. The Kier molecular flexibility index (Phi) is 9.04. The first kappa shape index (κ1) is 29.7. The second-order valence-electron chi connectivity index (χ2n) is 11.3. The molecular weight excluding hydrogens is 591 g/mol. The lowest BCUT2D eigenvalue weighted by Crippen LogP contribution is -2.48. The van der Waals surface area contributed by atoms with Gasteiger partial charge in [0, 0.05) is 68.1 Å². The fraction of sp³-hybridized carbons (Fsp3) is 0.406. The van der Waals surface area contributed by atoms with E-state index in [0.717, 1.165) is 49.9 Å². The maximum atomic E-state index is 13.9. The van der Waals surface area contributed by atoms with Gasteiger partial charge in [-0.3, -0.25) is 4.90 Å². The standard InChI is InChI=1S/C32H34Cl2N4O5/c33-24-3-1-2-22(18-24)28-20-37(25-12-16-42-17-13-25)32(41)38(28)26-10-14-36(15-11-26)19-23-6-9-29(35-30(23)34)43-27-7-4-21(5-8-27)31(39)40/h1-9,18,25-26,28H,10-17,19-20H2,(H,39,40). The van der Waals surface area contributed by atoms with E-state index < -0.39 is 5.97 Å². The molecule has 0 aliphatic carbocycles. The van der Waals surface area contributed by atoms with E-state index in [1.807, 2.05) is 24.3 Å². The smallest absolute Gasteiger partial charge is 0.335 e. The first-order valence-corrected chi connectivity index (χ1v) is 15.4. The van der Waals surface area contributed by atoms with Gasteiger partial charge in [0.05, 0.1) is 11.6 Å². The van der Waals surface area contributed by atoms with Crippen LogP contribution < -0.4 is 4.74 Å². The normalized spacial score (nSPS) is 20.5. The molecule has 11 heteroatoms. The zero-order chi connectivity index (χ0) is 29.9. The van der Waals surface area contributed by atoms with Crippen LogP contribution in [0, 0.1) is 0 Å². The fourth-order valence-electron chi connectivity index (χ4n) is 6.33. The lowest BCUT2D eigenvalue weighted by Gasteiger charge is -2.39. The Morgan fingerprint density at radius 3 is 2.40 bits per heavy atom. The van der Waals surface area contributed by atoms with Crippen LogP contribution in [0.25, 0.3) is 0 Å². The molecule has 3 saturated heterocycles. The number of benzene rings is 2. The van der Waals surface area contributed by atoms with Gasteiger partial charge in [0.1, 0.15) is 10.9 Å². The molecule has 3 aromatic rings. The van der Waals surface area contributed by atoms with Crippen LogP contribution in [0.2, 0.25) is 10.2 Å². The second-order valence-corrected chi connectivity index (χ2v) is 12.1. The van der Waals surface area contributed by atoms with Crippen LogP contribution in [-0.4, -0.2) is 81.7 Å². The van der Waals surface area contributed by atoms with Crippen LogP contribution in [0.1, 0.15) is 53.2 Å². The molecule has 0 bridgehead atoms. The number of hydrogen-bond donors (Lipinski definition) is 1. The van der Waals surface area contributed by atoms with Crippen molar-refractivity contribution in [3.05, 3.63) is 87.5 Å². The first-order valence-electron chi connectivity index (χ1n) is 14.7. The predicted octanol–water partition coefficient (Wildman–Crippen LogP) is 6.50. The largest absolute Gasteiger partial charge is 0.478 e. The topological polar surface area (TPSA) is 95.4 Å². The Morgan fingerprint density at radius 2 is 1.72 bits per heavy atom. The van der Waals surface area contributed by atoms with Crippen LogP contribution in [0.15, 0.2) is 60.7 Å². The number of piperidine rings is 1. The van der Waals surface area contributed by atoms with E-state index >= 15 is 0 Å². The molecule has 9 nitrogen and oxygen atoms in total. The molecule has 3 fully saturated rings. The number of aromatic carboxylic acids is 1. The van der Waals surface area contributed by atoms with Crippen molar-refractivity contribution in [2.45, 2.75) is 50.4 Å². The van der Waals surface area contributed by atoms with Crippen molar-refractivity contribution in [2.24, 2.45) is 0 Å². The number of ether oxygens (including phenoxy) is 2. The number of carboxylic acids is 1. The summed E-state index contributed by atoms with van der Waals surface area (Å²) in [6.45, 7) is 4.37. The zero-order valence-electron chi connectivity index (χ0n) is 23.7. The predicted molar refractivity (Wildman–Crippen MR) is 163 cm³/mol. The molecule has 3 aliphatic rings. The number of pyridine rings is 1. The number of carboxylic acid groups (broad SMARTS) is 1. The van der Waals surface area contributed by atoms with E-state index in [2.05, 4.69) is 25.8 Å². The minimum absolute atomic E-state index is 0.0304. The van der Waals surface area contributed by atoms with Crippen LogP contribution in [0.5, 0.6) is 11.6 Å². The molecule has 43 heavy (non-hydrogen) atoms. The maximum Gasteiger partial charge on any atom is 0.335 e. The quantitative estimate of drug-likeness (QED) is 0.286. The van der Waals surface area contributed by atoms with Crippen molar-refractivity contribution >= 4 is 35.2 Å². The summed E-state index contributed by atoms with van der Waals surface area (Å²) in [6, 6.07) is 18.1. The van der Waals surface area contributed by atoms with Crippen LogP contribution in [0.3, 0.4) is 0 Å². The first-order chi connectivity index (χ1) is 20.9. The van der Waals surface area contributed by atoms with Gasteiger partial charge < -0.3 is 24.4 Å². The molecule has 2 aromatic carbocycles. The van der Waals surface area contributed by atoms with Gasteiger partial charge in [0.15, 0.2) is 0 Å². The highest BCUT2D eigenvalue weighted by atomic mass is 35.5. The lowest BCUT2D eigenvalue weighted by atomic mass is 9.98. The van der Waals surface area contributed by atoms with E-state index in [1.54, 1.807) is 18.2 Å². The third-order valence-corrected chi connectivity index (χ3v) is 9.17. The molecule has 6 rings (SSSR count). The molecule has 4 heterocycles. The minimum Gasteiger partial charge on any atom is -0.478 e. The average molecular weight is 626 g/mol. The third-order valence-electron chi connectivity index (χ3n) is 8.61. The lowest BCUT2D eigenvalue weighted by molar-refractivity contribution is 0.0493. The van der Waals surface area contributed by atoms with E-state index in [9.17, 15) is 9.59 Å².